The zero-order chi connectivity index (χ0) is 15.1. The predicted octanol–water partition coefficient (Wildman–Crippen LogP) is 1.96. The third-order valence-electron chi connectivity index (χ3n) is 2.31. The van der Waals surface area contributed by atoms with Gasteiger partial charge in [-0.25, -0.2) is 9.18 Å². The van der Waals surface area contributed by atoms with E-state index in [1.54, 1.807) is 12.1 Å². The van der Waals surface area contributed by atoms with Crippen molar-refractivity contribution < 1.29 is 18.7 Å². The summed E-state index contributed by atoms with van der Waals surface area (Å²) in [6, 6.07) is 5.65. The first-order valence-electron chi connectivity index (χ1n) is 5.30. The standard InChI is InChI=1S/C13H10FN3O3/c1-19-12-10(17-7-8(5-15)6-16)4-3-9(14)11(12)13(18)20-2/h3-4,7,17H,1-2H3. The number of nitrogens with one attached hydrogen (secondary N) is 1. The average molecular weight is 275 g/mol. The van der Waals surface area contributed by atoms with Crippen LogP contribution in [0, 0.1) is 28.5 Å². The van der Waals surface area contributed by atoms with Crippen molar-refractivity contribution in [3.63, 3.8) is 0 Å². The van der Waals surface area contributed by atoms with Gasteiger partial charge in [0.15, 0.2) is 5.75 Å². The van der Waals surface area contributed by atoms with Crippen LogP contribution in [0.1, 0.15) is 10.4 Å². The molecule has 0 saturated heterocycles. The van der Waals surface area contributed by atoms with Crippen molar-refractivity contribution in [2.45, 2.75) is 0 Å². The van der Waals surface area contributed by atoms with E-state index < -0.39 is 11.8 Å². The number of halogens is 1. The van der Waals surface area contributed by atoms with Gasteiger partial charge in [0, 0.05) is 6.20 Å². The van der Waals surface area contributed by atoms with Crippen LogP contribution in [0.15, 0.2) is 23.9 Å². The molecule has 1 aromatic rings. The molecule has 0 atom stereocenters. The first-order valence-corrected chi connectivity index (χ1v) is 5.30. The van der Waals surface area contributed by atoms with Gasteiger partial charge in [-0.3, -0.25) is 0 Å². The zero-order valence-corrected chi connectivity index (χ0v) is 10.7. The minimum Gasteiger partial charge on any atom is -0.494 e. The molecule has 0 unspecified atom stereocenters. The van der Waals surface area contributed by atoms with Gasteiger partial charge in [-0.2, -0.15) is 10.5 Å². The molecule has 1 N–H and O–H groups in total. The fraction of sp³-hybridized carbons (Fsp3) is 0.154. The van der Waals surface area contributed by atoms with E-state index in [4.69, 9.17) is 15.3 Å². The van der Waals surface area contributed by atoms with Crippen molar-refractivity contribution in [3.8, 4) is 17.9 Å². The van der Waals surface area contributed by atoms with Crippen molar-refractivity contribution in [1.82, 2.24) is 0 Å². The lowest BCUT2D eigenvalue weighted by molar-refractivity contribution is 0.0591. The summed E-state index contributed by atoms with van der Waals surface area (Å²) in [6.07, 6.45) is 1.12. The van der Waals surface area contributed by atoms with Gasteiger partial charge in [-0.05, 0) is 12.1 Å². The molecule has 7 heteroatoms. The maximum Gasteiger partial charge on any atom is 0.344 e. The monoisotopic (exact) mass is 275 g/mol. The zero-order valence-electron chi connectivity index (χ0n) is 10.7. The Morgan fingerprint density at radius 3 is 2.50 bits per heavy atom. The van der Waals surface area contributed by atoms with Crippen LogP contribution in [0.4, 0.5) is 10.1 Å². The van der Waals surface area contributed by atoms with Crippen LogP contribution in [0.25, 0.3) is 0 Å². The maximum absolute atomic E-state index is 13.7. The van der Waals surface area contributed by atoms with Gasteiger partial charge in [0.1, 0.15) is 29.1 Å². The number of carbonyl (C=O) groups is 1. The molecular formula is C13H10FN3O3. The number of hydrogen-bond donors (Lipinski definition) is 1. The third-order valence-corrected chi connectivity index (χ3v) is 2.31. The second-order valence-electron chi connectivity index (χ2n) is 3.42. The van der Waals surface area contributed by atoms with E-state index in [9.17, 15) is 9.18 Å². The average Bonchev–Trinajstić information content (AvgIpc) is 2.48. The van der Waals surface area contributed by atoms with Crippen molar-refractivity contribution >= 4 is 11.7 Å². The van der Waals surface area contributed by atoms with E-state index in [1.165, 1.54) is 13.2 Å². The van der Waals surface area contributed by atoms with Gasteiger partial charge in [0.05, 0.1) is 19.9 Å². The van der Waals surface area contributed by atoms with Crippen LogP contribution in [-0.2, 0) is 4.74 Å². The molecule has 6 nitrogen and oxygen atoms in total. The highest BCUT2D eigenvalue weighted by atomic mass is 19.1. The minimum atomic E-state index is -0.896. The molecule has 0 bridgehead atoms. The molecule has 0 aliphatic rings. The quantitative estimate of drug-likeness (QED) is 0.666. The summed E-state index contributed by atoms with van der Waals surface area (Å²) in [4.78, 5) is 11.5. The largest absolute Gasteiger partial charge is 0.494 e. The molecule has 0 radical (unpaired) electrons. The summed E-state index contributed by atoms with van der Waals surface area (Å²) >= 11 is 0. The van der Waals surface area contributed by atoms with E-state index in [0.29, 0.717) is 0 Å². The van der Waals surface area contributed by atoms with Crippen LogP contribution < -0.4 is 10.1 Å². The van der Waals surface area contributed by atoms with Crippen molar-refractivity contribution in [2.24, 2.45) is 0 Å². The highest BCUT2D eigenvalue weighted by molar-refractivity contribution is 5.95. The summed E-state index contributed by atoms with van der Waals surface area (Å²) < 4.78 is 23.1. The van der Waals surface area contributed by atoms with Crippen molar-refractivity contribution in [3.05, 3.63) is 35.3 Å². The number of anilines is 1. The Bertz CT molecular complexity index is 625. The van der Waals surface area contributed by atoms with E-state index in [0.717, 1.165) is 19.4 Å². The van der Waals surface area contributed by atoms with Crippen molar-refractivity contribution in [2.75, 3.05) is 19.5 Å². The third kappa shape index (κ3) is 3.03. The summed E-state index contributed by atoms with van der Waals surface area (Å²) in [7, 11) is 2.37. The van der Waals surface area contributed by atoms with E-state index in [2.05, 4.69) is 10.1 Å². The molecule has 0 fully saturated rings. The molecule has 0 aromatic heterocycles. The number of nitriles is 2. The molecule has 0 saturated carbocycles. The first kappa shape index (κ1) is 15.0. The first-order chi connectivity index (χ1) is 9.58. The second kappa shape index (κ2) is 6.76. The molecule has 0 amide bonds. The van der Waals surface area contributed by atoms with Crippen LogP contribution >= 0.6 is 0 Å². The summed E-state index contributed by atoms with van der Waals surface area (Å²) in [5.74, 6) is -1.78. The molecule has 102 valence electrons. The normalized spacial score (nSPS) is 8.85. The molecular weight excluding hydrogens is 265 g/mol. The second-order valence-corrected chi connectivity index (χ2v) is 3.42. The Morgan fingerprint density at radius 1 is 1.35 bits per heavy atom. The summed E-state index contributed by atoms with van der Waals surface area (Å²) in [5.41, 5.74) is -0.336. The number of esters is 1. The highest BCUT2D eigenvalue weighted by Gasteiger charge is 2.21. The minimum absolute atomic E-state index is 0.0803. The number of hydrogen-bond acceptors (Lipinski definition) is 6. The number of allylic oxidation sites excluding steroid dienone is 1. The Morgan fingerprint density at radius 2 is 2.00 bits per heavy atom. The maximum atomic E-state index is 13.7. The number of nitrogens with zero attached hydrogens (tertiary/aromatic N) is 2. The number of methoxy groups -OCH3 is 2. The summed E-state index contributed by atoms with van der Waals surface area (Å²) in [6.45, 7) is 0. The molecule has 0 aliphatic carbocycles. The molecule has 0 heterocycles. The lowest BCUT2D eigenvalue weighted by atomic mass is 10.1. The smallest absolute Gasteiger partial charge is 0.344 e. The van der Waals surface area contributed by atoms with Gasteiger partial charge in [0.25, 0.3) is 0 Å². The topological polar surface area (TPSA) is 95.1 Å². The Balaban J connectivity index is 3.30. The summed E-state index contributed by atoms with van der Waals surface area (Å²) in [5, 5.41) is 19.8. The lowest BCUT2D eigenvalue weighted by Gasteiger charge is -2.12. The van der Waals surface area contributed by atoms with Crippen LogP contribution in [0.2, 0.25) is 0 Å². The highest BCUT2D eigenvalue weighted by Crippen LogP contribution is 2.31. The number of rotatable bonds is 4. The fourth-order valence-corrected chi connectivity index (χ4v) is 1.42. The van der Waals surface area contributed by atoms with Crippen LogP contribution in [-0.4, -0.2) is 20.2 Å². The SMILES string of the molecule is COC(=O)c1c(F)ccc(NC=C(C#N)C#N)c1OC. The van der Waals surface area contributed by atoms with E-state index in [1.807, 2.05) is 0 Å². The van der Waals surface area contributed by atoms with Gasteiger partial charge in [0.2, 0.25) is 0 Å². The predicted molar refractivity (Wildman–Crippen MR) is 67.2 cm³/mol. The van der Waals surface area contributed by atoms with E-state index in [-0.39, 0.29) is 22.6 Å². The van der Waals surface area contributed by atoms with Crippen LogP contribution in [0.5, 0.6) is 5.75 Å². The lowest BCUT2D eigenvalue weighted by Crippen LogP contribution is -2.09. The van der Waals surface area contributed by atoms with Gasteiger partial charge in [-0.15, -0.1) is 0 Å². The van der Waals surface area contributed by atoms with Gasteiger partial charge in [-0.1, -0.05) is 0 Å². The van der Waals surface area contributed by atoms with Crippen LogP contribution in [0.3, 0.4) is 0 Å². The number of carbonyl (C=O) groups excluding carboxylic acids is 1. The number of benzene rings is 1. The van der Waals surface area contributed by atoms with E-state index >= 15 is 0 Å². The Hall–Kier alpha value is -3.06. The van der Waals surface area contributed by atoms with Gasteiger partial charge >= 0.3 is 5.97 Å². The number of ether oxygens (including phenoxy) is 2. The molecule has 20 heavy (non-hydrogen) atoms. The molecule has 0 spiro atoms. The molecule has 1 aromatic carbocycles. The Labute approximate surface area is 114 Å². The molecule has 1 rings (SSSR count). The van der Waals surface area contributed by atoms with Gasteiger partial charge < -0.3 is 14.8 Å². The Kier molecular flexibility index (Phi) is 5.07. The van der Waals surface area contributed by atoms with Crippen molar-refractivity contribution in [1.29, 1.82) is 10.5 Å². The molecule has 0 aliphatic heterocycles. The fourth-order valence-electron chi connectivity index (χ4n) is 1.42.